The lowest BCUT2D eigenvalue weighted by molar-refractivity contribution is 0.603. The summed E-state index contributed by atoms with van der Waals surface area (Å²) < 4.78 is 0. The standard InChI is InChI=1S/C15H16ClN/c1-11-6-5-7-12(10-11)15(2,17)13-8-3-4-9-14(13)16/h3-10H,17H2,1-2H3. The first kappa shape index (κ1) is 12.2. The van der Waals surface area contributed by atoms with Crippen LogP contribution in [0.3, 0.4) is 0 Å². The summed E-state index contributed by atoms with van der Waals surface area (Å²) in [5.74, 6) is 0. The van der Waals surface area contributed by atoms with Crippen LogP contribution in [0.25, 0.3) is 0 Å². The fourth-order valence-electron chi connectivity index (χ4n) is 2.01. The molecule has 0 aliphatic heterocycles. The van der Waals surface area contributed by atoms with E-state index < -0.39 is 5.54 Å². The normalized spacial score (nSPS) is 14.4. The van der Waals surface area contributed by atoms with Crippen molar-refractivity contribution in [2.75, 3.05) is 0 Å². The van der Waals surface area contributed by atoms with Gasteiger partial charge in [0.2, 0.25) is 0 Å². The van der Waals surface area contributed by atoms with Gasteiger partial charge >= 0.3 is 0 Å². The summed E-state index contributed by atoms with van der Waals surface area (Å²) in [6.45, 7) is 4.05. The van der Waals surface area contributed by atoms with Crippen molar-refractivity contribution >= 4 is 11.6 Å². The molecule has 0 aliphatic rings. The Labute approximate surface area is 107 Å². The van der Waals surface area contributed by atoms with E-state index in [1.807, 2.05) is 43.3 Å². The molecular formula is C15H16ClN. The monoisotopic (exact) mass is 245 g/mol. The van der Waals surface area contributed by atoms with Gasteiger partial charge in [-0.1, -0.05) is 59.6 Å². The maximum atomic E-state index is 6.44. The van der Waals surface area contributed by atoms with Crippen LogP contribution in [-0.2, 0) is 5.54 Å². The molecule has 2 N–H and O–H groups in total. The van der Waals surface area contributed by atoms with E-state index in [9.17, 15) is 0 Å². The number of hydrogen-bond donors (Lipinski definition) is 1. The third kappa shape index (κ3) is 2.36. The van der Waals surface area contributed by atoms with Crippen molar-refractivity contribution < 1.29 is 0 Å². The molecule has 0 spiro atoms. The number of benzene rings is 2. The van der Waals surface area contributed by atoms with Crippen molar-refractivity contribution in [3.05, 3.63) is 70.2 Å². The van der Waals surface area contributed by atoms with Gasteiger partial charge in [0.05, 0.1) is 5.54 Å². The van der Waals surface area contributed by atoms with Crippen LogP contribution < -0.4 is 5.73 Å². The average molecular weight is 246 g/mol. The lowest BCUT2D eigenvalue weighted by Crippen LogP contribution is -2.34. The van der Waals surface area contributed by atoms with Gasteiger partial charge in [-0.25, -0.2) is 0 Å². The largest absolute Gasteiger partial charge is 0.318 e. The molecule has 0 amide bonds. The van der Waals surface area contributed by atoms with Crippen LogP contribution in [0.2, 0.25) is 5.02 Å². The topological polar surface area (TPSA) is 26.0 Å². The highest BCUT2D eigenvalue weighted by molar-refractivity contribution is 6.31. The Kier molecular flexibility index (Phi) is 3.23. The second kappa shape index (κ2) is 4.52. The number of hydrogen-bond acceptors (Lipinski definition) is 1. The van der Waals surface area contributed by atoms with Crippen molar-refractivity contribution in [2.45, 2.75) is 19.4 Å². The van der Waals surface area contributed by atoms with E-state index in [-0.39, 0.29) is 0 Å². The molecule has 1 atom stereocenters. The predicted octanol–water partition coefficient (Wildman–Crippen LogP) is 3.87. The molecule has 88 valence electrons. The van der Waals surface area contributed by atoms with Gasteiger partial charge in [0.1, 0.15) is 0 Å². The highest BCUT2D eigenvalue weighted by atomic mass is 35.5. The van der Waals surface area contributed by atoms with E-state index in [0.29, 0.717) is 5.02 Å². The first-order valence-electron chi connectivity index (χ1n) is 5.63. The minimum atomic E-state index is -0.565. The molecular weight excluding hydrogens is 230 g/mol. The third-order valence-corrected chi connectivity index (χ3v) is 3.38. The highest BCUT2D eigenvalue weighted by Crippen LogP contribution is 2.31. The predicted molar refractivity (Wildman–Crippen MR) is 73.3 cm³/mol. The lowest BCUT2D eigenvalue weighted by atomic mass is 9.85. The molecule has 0 saturated heterocycles. The Bertz CT molecular complexity index is 532. The van der Waals surface area contributed by atoms with Gasteiger partial charge in [-0.05, 0) is 31.0 Å². The van der Waals surface area contributed by atoms with Crippen molar-refractivity contribution in [2.24, 2.45) is 5.73 Å². The SMILES string of the molecule is Cc1cccc(C(C)(N)c2ccccc2Cl)c1. The molecule has 0 bridgehead atoms. The van der Waals surface area contributed by atoms with Crippen LogP contribution in [0, 0.1) is 6.92 Å². The molecule has 0 heterocycles. The molecule has 1 unspecified atom stereocenters. The zero-order chi connectivity index (χ0) is 12.5. The van der Waals surface area contributed by atoms with Crippen molar-refractivity contribution in [1.29, 1.82) is 0 Å². The van der Waals surface area contributed by atoms with Gasteiger partial charge in [0.25, 0.3) is 0 Å². The molecule has 0 aliphatic carbocycles. The van der Waals surface area contributed by atoms with Gasteiger partial charge in [0.15, 0.2) is 0 Å². The molecule has 2 aromatic carbocycles. The summed E-state index contributed by atoms with van der Waals surface area (Å²) in [7, 11) is 0. The minimum absolute atomic E-state index is 0.565. The fraction of sp³-hybridized carbons (Fsp3) is 0.200. The van der Waals surface area contributed by atoms with Gasteiger partial charge < -0.3 is 5.73 Å². The number of halogens is 1. The van der Waals surface area contributed by atoms with Gasteiger partial charge in [-0.15, -0.1) is 0 Å². The smallest absolute Gasteiger partial charge is 0.0651 e. The molecule has 2 aromatic rings. The molecule has 2 rings (SSSR count). The quantitative estimate of drug-likeness (QED) is 0.854. The van der Waals surface area contributed by atoms with E-state index in [1.165, 1.54) is 5.56 Å². The fourth-order valence-corrected chi connectivity index (χ4v) is 2.34. The Hall–Kier alpha value is -1.31. The molecule has 0 fully saturated rings. The van der Waals surface area contributed by atoms with E-state index >= 15 is 0 Å². The summed E-state index contributed by atoms with van der Waals surface area (Å²) in [4.78, 5) is 0. The van der Waals surface area contributed by atoms with Crippen molar-refractivity contribution in [3.8, 4) is 0 Å². The lowest BCUT2D eigenvalue weighted by Gasteiger charge is -2.27. The van der Waals surface area contributed by atoms with Crippen LogP contribution in [0.4, 0.5) is 0 Å². The summed E-state index contributed by atoms with van der Waals surface area (Å²) in [6, 6.07) is 15.9. The highest BCUT2D eigenvalue weighted by Gasteiger charge is 2.25. The Morgan fingerprint density at radius 2 is 1.76 bits per heavy atom. The molecule has 0 saturated carbocycles. The van der Waals surface area contributed by atoms with Gasteiger partial charge in [-0.2, -0.15) is 0 Å². The number of nitrogens with two attached hydrogens (primary N) is 1. The molecule has 0 aromatic heterocycles. The zero-order valence-electron chi connectivity index (χ0n) is 10.1. The van der Waals surface area contributed by atoms with E-state index in [1.54, 1.807) is 0 Å². The Morgan fingerprint density at radius 3 is 2.41 bits per heavy atom. The summed E-state index contributed by atoms with van der Waals surface area (Å²) in [6.07, 6.45) is 0. The molecule has 1 nitrogen and oxygen atoms in total. The van der Waals surface area contributed by atoms with Crippen LogP contribution >= 0.6 is 11.6 Å². The van der Waals surface area contributed by atoms with Crippen LogP contribution in [-0.4, -0.2) is 0 Å². The summed E-state index contributed by atoms with van der Waals surface area (Å²) in [5, 5.41) is 0.707. The Morgan fingerprint density at radius 1 is 1.06 bits per heavy atom. The van der Waals surface area contributed by atoms with Crippen LogP contribution in [0.1, 0.15) is 23.6 Å². The maximum absolute atomic E-state index is 6.44. The van der Waals surface area contributed by atoms with Crippen molar-refractivity contribution in [1.82, 2.24) is 0 Å². The van der Waals surface area contributed by atoms with E-state index in [0.717, 1.165) is 11.1 Å². The molecule has 0 radical (unpaired) electrons. The first-order chi connectivity index (χ1) is 8.01. The van der Waals surface area contributed by atoms with Crippen molar-refractivity contribution in [3.63, 3.8) is 0 Å². The third-order valence-electron chi connectivity index (χ3n) is 3.05. The molecule has 17 heavy (non-hydrogen) atoms. The molecule has 2 heteroatoms. The minimum Gasteiger partial charge on any atom is -0.318 e. The number of aryl methyl sites for hydroxylation is 1. The average Bonchev–Trinajstić information content (AvgIpc) is 2.29. The Balaban J connectivity index is 2.53. The first-order valence-corrected chi connectivity index (χ1v) is 6.00. The van der Waals surface area contributed by atoms with E-state index in [4.69, 9.17) is 17.3 Å². The summed E-state index contributed by atoms with van der Waals surface area (Å²) >= 11 is 6.22. The second-order valence-electron chi connectivity index (χ2n) is 4.55. The van der Waals surface area contributed by atoms with Gasteiger partial charge in [0, 0.05) is 5.02 Å². The van der Waals surface area contributed by atoms with Gasteiger partial charge in [-0.3, -0.25) is 0 Å². The van der Waals surface area contributed by atoms with Crippen LogP contribution in [0.5, 0.6) is 0 Å². The zero-order valence-corrected chi connectivity index (χ0v) is 10.8. The second-order valence-corrected chi connectivity index (χ2v) is 4.96. The van der Waals surface area contributed by atoms with E-state index in [2.05, 4.69) is 19.1 Å². The maximum Gasteiger partial charge on any atom is 0.0651 e. The summed E-state index contributed by atoms with van der Waals surface area (Å²) in [5.41, 5.74) is 9.11. The van der Waals surface area contributed by atoms with Crippen LogP contribution in [0.15, 0.2) is 48.5 Å². The number of rotatable bonds is 2.